The van der Waals surface area contributed by atoms with Crippen LogP contribution in [0.3, 0.4) is 0 Å². The molecule has 0 radical (unpaired) electrons. The summed E-state index contributed by atoms with van der Waals surface area (Å²) in [7, 11) is 0. The van der Waals surface area contributed by atoms with Gasteiger partial charge in [-0.15, -0.1) is 11.3 Å². The van der Waals surface area contributed by atoms with Crippen molar-refractivity contribution in [2.75, 3.05) is 0 Å². The van der Waals surface area contributed by atoms with Crippen LogP contribution in [0, 0.1) is 0 Å². The molecule has 3 N–H and O–H groups in total. The summed E-state index contributed by atoms with van der Waals surface area (Å²) in [6, 6.07) is 4.82. The molecule has 0 aliphatic carbocycles. The molecule has 0 atom stereocenters. The molecule has 2 rings (SSSR count). The van der Waals surface area contributed by atoms with Gasteiger partial charge >= 0.3 is 0 Å². The SMILES string of the molecule is CC(C)c1ncc(-c2ccc(O)c(C(N)=O)c2)s1. The molecule has 0 bridgehead atoms. The number of primary amides is 1. The molecule has 4 nitrogen and oxygen atoms in total. The van der Waals surface area contributed by atoms with Crippen LogP contribution in [0.1, 0.15) is 35.1 Å². The second-order valence-electron chi connectivity index (χ2n) is 4.31. The number of thiazole rings is 1. The molecule has 1 amide bonds. The normalized spacial score (nSPS) is 10.8. The molecular formula is C13H14N2O2S. The topological polar surface area (TPSA) is 76.2 Å². The Bertz CT molecular complexity index is 590. The molecule has 5 heteroatoms. The molecule has 1 heterocycles. The molecule has 94 valence electrons. The number of amides is 1. The van der Waals surface area contributed by atoms with Crippen LogP contribution in [0.2, 0.25) is 0 Å². The predicted molar refractivity (Wildman–Crippen MR) is 71.8 cm³/mol. The van der Waals surface area contributed by atoms with Gasteiger partial charge < -0.3 is 10.8 Å². The minimum Gasteiger partial charge on any atom is -0.507 e. The summed E-state index contributed by atoms with van der Waals surface area (Å²) < 4.78 is 0. The van der Waals surface area contributed by atoms with Crippen molar-refractivity contribution in [1.29, 1.82) is 0 Å². The van der Waals surface area contributed by atoms with Gasteiger partial charge in [0.1, 0.15) is 5.75 Å². The number of hydrogen-bond donors (Lipinski definition) is 2. The van der Waals surface area contributed by atoms with Gasteiger partial charge in [0, 0.05) is 12.1 Å². The lowest BCUT2D eigenvalue weighted by Crippen LogP contribution is -2.11. The molecule has 0 spiro atoms. The average Bonchev–Trinajstić information content (AvgIpc) is 2.78. The van der Waals surface area contributed by atoms with Crippen molar-refractivity contribution in [2.45, 2.75) is 19.8 Å². The molecule has 0 unspecified atom stereocenters. The Kier molecular flexibility index (Phi) is 3.34. The van der Waals surface area contributed by atoms with Crippen molar-refractivity contribution < 1.29 is 9.90 Å². The zero-order chi connectivity index (χ0) is 13.3. The maximum atomic E-state index is 11.2. The fraction of sp³-hybridized carbons (Fsp3) is 0.231. The molecule has 0 fully saturated rings. The van der Waals surface area contributed by atoms with Crippen LogP contribution in [0.25, 0.3) is 10.4 Å². The number of aromatic hydroxyl groups is 1. The molecule has 1 aromatic carbocycles. The first-order valence-corrected chi connectivity index (χ1v) is 6.39. The largest absolute Gasteiger partial charge is 0.507 e. The monoisotopic (exact) mass is 262 g/mol. The minimum atomic E-state index is -0.636. The Morgan fingerprint density at radius 2 is 2.17 bits per heavy atom. The highest BCUT2D eigenvalue weighted by Gasteiger charge is 2.12. The number of hydrogen-bond acceptors (Lipinski definition) is 4. The second-order valence-corrected chi connectivity index (χ2v) is 5.38. The standard InChI is InChI=1S/C13H14N2O2S/c1-7(2)13-15-6-11(18-13)8-3-4-10(16)9(5-8)12(14)17/h3-7,16H,1-2H3,(H2,14,17). The van der Waals surface area contributed by atoms with Gasteiger partial charge in [-0.3, -0.25) is 4.79 Å². The maximum Gasteiger partial charge on any atom is 0.252 e. The minimum absolute atomic E-state index is 0.0974. The third-order valence-corrected chi connectivity index (χ3v) is 3.91. The van der Waals surface area contributed by atoms with Crippen LogP contribution in [0.4, 0.5) is 0 Å². The summed E-state index contributed by atoms with van der Waals surface area (Å²) in [5.74, 6) is -0.362. The number of rotatable bonds is 3. The van der Waals surface area contributed by atoms with Crippen LogP contribution in [-0.2, 0) is 0 Å². The lowest BCUT2D eigenvalue weighted by Gasteiger charge is -2.03. The zero-order valence-corrected chi connectivity index (χ0v) is 11.0. The van der Waals surface area contributed by atoms with Gasteiger partial charge in [0.2, 0.25) is 0 Å². The summed E-state index contributed by atoms with van der Waals surface area (Å²) >= 11 is 1.58. The summed E-state index contributed by atoms with van der Waals surface area (Å²) in [4.78, 5) is 16.5. The van der Waals surface area contributed by atoms with Crippen LogP contribution in [0.15, 0.2) is 24.4 Å². The van der Waals surface area contributed by atoms with E-state index < -0.39 is 5.91 Å². The van der Waals surface area contributed by atoms with E-state index in [1.165, 1.54) is 6.07 Å². The molecule has 1 aromatic heterocycles. The second kappa shape index (κ2) is 4.78. The van der Waals surface area contributed by atoms with E-state index in [1.807, 2.05) is 0 Å². The molecule has 0 aliphatic rings. The van der Waals surface area contributed by atoms with E-state index >= 15 is 0 Å². The summed E-state index contributed by atoms with van der Waals surface area (Å²) in [5.41, 5.74) is 6.17. The maximum absolute atomic E-state index is 11.2. The number of nitrogens with zero attached hydrogens (tertiary/aromatic N) is 1. The number of benzene rings is 1. The van der Waals surface area contributed by atoms with E-state index in [4.69, 9.17) is 5.73 Å². The fourth-order valence-corrected chi connectivity index (χ4v) is 2.49. The van der Waals surface area contributed by atoms with E-state index in [-0.39, 0.29) is 11.3 Å². The van der Waals surface area contributed by atoms with E-state index in [2.05, 4.69) is 18.8 Å². The third-order valence-electron chi connectivity index (χ3n) is 2.56. The number of aromatic nitrogens is 1. The highest BCUT2D eigenvalue weighted by Crippen LogP contribution is 2.32. The zero-order valence-electron chi connectivity index (χ0n) is 10.2. The van der Waals surface area contributed by atoms with Crippen LogP contribution >= 0.6 is 11.3 Å². The first kappa shape index (κ1) is 12.6. The first-order chi connectivity index (χ1) is 8.49. The molecule has 18 heavy (non-hydrogen) atoms. The Morgan fingerprint density at radius 1 is 1.44 bits per heavy atom. The number of phenols is 1. The van der Waals surface area contributed by atoms with Gasteiger partial charge in [-0.05, 0) is 23.8 Å². The Balaban J connectivity index is 2.44. The number of carbonyl (C=O) groups is 1. The quantitative estimate of drug-likeness (QED) is 0.893. The van der Waals surface area contributed by atoms with Crippen molar-refractivity contribution in [1.82, 2.24) is 4.98 Å². The molecule has 0 aliphatic heterocycles. The average molecular weight is 262 g/mol. The third kappa shape index (κ3) is 2.36. The predicted octanol–water partition coefficient (Wildman–Crippen LogP) is 2.74. The van der Waals surface area contributed by atoms with Crippen molar-refractivity contribution in [2.24, 2.45) is 5.73 Å². The van der Waals surface area contributed by atoms with Crippen molar-refractivity contribution in [3.05, 3.63) is 35.0 Å². The van der Waals surface area contributed by atoms with Crippen LogP contribution < -0.4 is 5.73 Å². The van der Waals surface area contributed by atoms with Gasteiger partial charge in [-0.1, -0.05) is 13.8 Å². The summed E-state index contributed by atoms with van der Waals surface area (Å²) in [6.45, 7) is 4.16. The van der Waals surface area contributed by atoms with E-state index in [0.717, 1.165) is 15.4 Å². The van der Waals surface area contributed by atoms with Gasteiger partial charge in [0.25, 0.3) is 5.91 Å². The van der Waals surface area contributed by atoms with Crippen molar-refractivity contribution in [3.63, 3.8) is 0 Å². The number of nitrogens with two attached hydrogens (primary N) is 1. The van der Waals surface area contributed by atoms with E-state index in [0.29, 0.717) is 5.92 Å². The van der Waals surface area contributed by atoms with Crippen LogP contribution in [0.5, 0.6) is 5.75 Å². The summed E-state index contributed by atoms with van der Waals surface area (Å²) in [5, 5.41) is 10.6. The van der Waals surface area contributed by atoms with Gasteiger partial charge in [0.05, 0.1) is 15.4 Å². The Labute approximate surface area is 109 Å². The summed E-state index contributed by atoms with van der Waals surface area (Å²) in [6.07, 6.45) is 1.77. The van der Waals surface area contributed by atoms with E-state index in [9.17, 15) is 9.90 Å². The molecule has 0 saturated carbocycles. The highest BCUT2D eigenvalue weighted by molar-refractivity contribution is 7.15. The lowest BCUT2D eigenvalue weighted by atomic mass is 10.1. The fourth-order valence-electron chi connectivity index (χ4n) is 1.57. The Hall–Kier alpha value is -1.88. The molecular weight excluding hydrogens is 248 g/mol. The van der Waals surface area contributed by atoms with Gasteiger partial charge in [-0.25, -0.2) is 4.98 Å². The van der Waals surface area contributed by atoms with Crippen LogP contribution in [-0.4, -0.2) is 16.0 Å². The molecule has 2 aromatic rings. The highest BCUT2D eigenvalue weighted by atomic mass is 32.1. The Morgan fingerprint density at radius 3 is 2.72 bits per heavy atom. The van der Waals surface area contributed by atoms with E-state index in [1.54, 1.807) is 29.7 Å². The lowest BCUT2D eigenvalue weighted by molar-refractivity contribution is 0.0998. The van der Waals surface area contributed by atoms with Gasteiger partial charge in [-0.2, -0.15) is 0 Å². The molecule has 0 saturated heterocycles. The smallest absolute Gasteiger partial charge is 0.252 e. The number of carbonyl (C=O) groups excluding carboxylic acids is 1. The van der Waals surface area contributed by atoms with Crippen molar-refractivity contribution >= 4 is 17.2 Å². The van der Waals surface area contributed by atoms with Crippen molar-refractivity contribution in [3.8, 4) is 16.2 Å². The van der Waals surface area contributed by atoms with Gasteiger partial charge in [0.15, 0.2) is 0 Å². The first-order valence-electron chi connectivity index (χ1n) is 5.58.